The molecule has 0 bridgehead atoms. The maximum atomic E-state index is 11.1. The van der Waals surface area contributed by atoms with Crippen LogP contribution in [0.2, 0.25) is 5.02 Å². The number of nitro benzene ring substituents is 1. The second-order valence-electron chi connectivity index (χ2n) is 4.09. The third kappa shape index (κ3) is 2.56. The van der Waals surface area contributed by atoms with Gasteiger partial charge in [-0.2, -0.15) is 5.26 Å². The molecule has 2 aromatic rings. The van der Waals surface area contributed by atoms with Crippen molar-refractivity contribution in [2.45, 2.75) is 0 Å². The first kappa shape index (κ1) is 13.8. The van der Waals surface area contributed by atoms with Crippen molar-refractivity contribution in [2.75, 3.05) is 11.9 Å². The maximum Gasteiger partial charge on any atom is 0.294 e. The molecular weight excluding hydrogens is 278 g/mol. The van der Waals surface area contributed by atoms with Crippen molar-refractivity contribution in [3.8, 4) is 6.07 Å². The van der Waals surface area contributed by atoms with Gasteiger partial charge in [-0.1, -0.05) is 23.7 Å². The quantitative estimate of drug-likeness (QED) is 0.634. The zero-order valence-corrected chi connectivity index (χ0v) is 11.3. The molecule has 0 aliphatic carbocycles. The molecule has 0 N–H and O–H groups in total. The number of nitriles is 1. The van der Waals surface area contributed by atoms with E-state index < -0.39 is 4.92 Å². The summed E-state index contributed by atoms with van der Waals surface area (Å²) in [5.74, 6) is 0. The Morgan fingerprint density at radius 1 is 1.30 bits per heavy atom. The summed E-state index contributed by atoms with van der Waals surface area (Å²) in [6, 6.07) is 13.3. The van der Waals surface area contributed by atoms with E-state index in [1.54, 1.807) is 42.3 Å². The third-order valence-corrected chi connectivity index (χ3v) is 3.17. The van der Waals surface area contributed by atoms with Gasteiger partial charge in [0, 0.05) is 18.8 Å². The minimum atomic E-state index is -0.480. The van der Waals surface area contributed by atoms with Gasteiger partial charge in [0.25, 0.3) is 5.69 Å². The second kappa shape index (κ2) is 5.59. The number of nitro groups is 1. The lowest BCUT2D eigenvalue weighted by Crippen LogP contribution is -2.12. The standard InChI is InChI=1S/C14H10ClN3O2/c1-17(11-5-2-4-10(8-11)9-16)14-12(15)6-3-7-13(14)18(19)20/h2-8H,1H3. The Kier molecular flexibility index (Phi) is 3.87. The monoisotopic (exact) mass is 287 g/mol. The Balaban J connectivity index is 2.56. The maximum absolute atomic E-state index is 11.1. The van der Waals surface area contributed by atoms with Gasteiger partial charge in [-0.15, -0.1) is 0 Å². The molecule has 0 unspecified atom stereocenters. The van der Waals surface area contributed by atoms with Crippen molar-refractivity contribution in [3.63, 3.8) is 0 Å². The third-order valence-electron chi connectivity index (χ3n) is 2.86. The molecule has 0 atom stereocenters. The van der Waals surface area contributed by atoms with Gasteiger partial charge in [-0.05, 0) is 24.3 Å². The number of rotatable bonds is 3. The molecule has 0 heterocycles. The molecule has 0 fully saturated rings. The van der Waals surface area contributed by atoms with Crippen molar-refractivity contribution in [3.05, 3.63) is 63.2 Å². The summed E-state index contributed by atoms with van der Waals surface area (Å²) >= 11 is 6.08. The molecule has 5 nitrogen and oxygen atoms in total. The summed E-state index contributed by atoms with van der Waals surface area (Å²) in [5, 5.41) is 20.3. The number of hydrogen-bond donors (Lipinski definition) is 0. The molecule has 0 radical (unpaired) electrons. The molecule has 0 saturated carbocycles. The van der Waals surface area contributed by atoms with Gasteiger partial charge in [-0.25, -0.2) is 0 Å². The van der Waals surface area contributed by atoms with Crippen LogP contribution in [0, 0.1) is 21.4 Å². The van der Waals surface area contributed by atoms with Crippen molar-refractivity contribution in [1.82, 2.24) is 0 Å². The minimum absolute atomic E-state index is 0.0811. The molecular formula is C14H10ClN3O2. The zero-order chi connectivity index (χ0) is 14.7. The van der Waals surface area contributed by atoms with E-state index in [-0.39, 0.29) is 10.7 Å². The van der Waals surface area contributed by atoms with Crippen LogP contribution in [0.5, 0.6) is 0 Å². The van der Waals surface area contributed by atoms with E-state index in [2.05, 4.69) is 0 Å². The van der Waals surface area contributed by atoms with Gasteiger partial charge < -0.3 is 4.90 Å². The Labute approximate surface area is 120 Å². The van der Waals surface area contributed by atoms with E-state index in [0.29, 0.717) is 16.9 Å². The number of hydrogen-bond acceptors (Lipinski definition) is 4. The fourth-order valence-electron chi connectivity index (χ4n) is 1.90. The molecule has 2 rings (SSSR count). The first-order valence-corrected chi connectivity index (χ1v) is 6.09. The Morgan fingerprint density at radius 3 is 2.65 bits per heavy atom. The lowest BCUT2D eigenvalue weighted by Gasteiger charge is -2.20. The van der Waals surface area contributed by atoms with Crippen LogP contribution in [0.4, 0.5) is 17.1 Å². The highest BCUT2D eigenvalue weighted by Gasteiger charge is 2.21. The fraction of sp³-hybridized carbons (Fsp3) is 0.0714. The smallest absolute Gasteiger partial charge is 0.294 e. The number of anilines is 2. The molecule has 0 saturated heterocycles. The van der Waals surface area contributed by atoms with Gasteiger partial charge in [-0.3, -0.25) is 10.1 Å². The second-order valence-corrected chi connectivity index (χ2v) is 4.49. The average Bonchev–Trinajstić information content (AvgIpc) is 2.46. The van der Waals surface area contributed by atoms with Gasteiger partial charge in [0.1, 0.15) is 5.69 Å². The Bertz CT molecular complexity index is 710. The number of nitrogens with zero attached hydrogens (tertiary/aromatic N) is 3. The van der Waals surface area contributed by atoms with Crippen LogP contribution in [-0.4, -0.2) is 12.0 Å². The van der Waals surface area contributed by atoms with E-state index >= 15 is 0 Å². The van der Waals surface area contributed by atoms with E-state index in [4.69, 9.17) is 16.9 Å². The van der Waals surface area contributed by atoms with Crippen molar-refractivity contribution < 1.29 is 4.92 Å². The van der Waals surface area contributed by atoms with Crippen LogP contribution >= 0.6 is 11.6 Å². The molecule has 0 amide bonds. The van der Waals surface area contributed by atoms with E-state index in [1.165, 1.54) is 12.1 Å². The molecule has 0 aliphatic rings. The lowest BCUT2D eigenvalue weighted by molar-refractivity contribution is -0.384. The van der Waals surface area contributed by atoms with Crippen LogP contribution < -0.4 is 4.90 Å². The topological polar surface area (TPSA) is 70.2 Å². The van der Waals surface area contributed by atoms with E-state index in [9.17, 15) is 10.1 Å². The number of halogens is 1. The molecule has 0 spiro atoms. The van der Waals surface area contributed by atoms with E-state index in [0.717, 1.165) is 0 Å². The highest BCUT2D eigenvalue weighted by atomic mass is 35.5. The van der Waals surface area contributed by atoms with Crippen molar-refractivity contribution in [2.24, 2.45) is 0 Å². The summed E-state index contributed by atoms with van der Waals surface area (Å²) in [6.07, 6.45) is 0. The predicted octanol–water partition coefficient (Wildman–Crippen LogP) is 3.89. The lowest BCUT2D eigenvalue weighted by atomic mass is 10.2. The zero-order valence-electron chi connectivity index (χ0n) is 10.6. The highest BCUT2D eigenvalue weighted by molar-refractivity contribution is 6.34. The first-order valence-electron chi connectivity index (χ1n) is 5.71. The molecule has 6 heteroatoms. The predicted molar refractivity (Wildman–Crippen MR) is 77.3 cm³/mol. The normalized spacial score (nSPS) is 9.85. The van der Waals surface area contributed by atoms with Crippen LogP contribution in [0.1, 0.15) is 5.56 Å². The highest BCUT2D eigenvalue weighted by Crippen LogP contribution is 2.38. The van der Waals surface area contributed by atoms with Crippen LogP contribution in [-0.2, 0) is 0 Å². The Hall–Kier alpha value is -2.58. The minimum Gasteiger partial charge on any atom is -0.338 e. The van der Waals surface area contributed by atoms with Gasteiger partial charge in [0.05, 0.1) is 21.6 Å². The first-order chi connectivity index (χ1) is 9.54. The van der Waals surface area contributed by atoms with Crippen molar-refractivity contribution in [1.29, 1.82) is 5.26 Å². The SMILES string of the molecule is CN(c1cccc(C#N)c1)c1c(Cl)cccc1[N+](=O)[O-]. The fourth-order valence-corrected chi connectivity index (χ4v) is 2.19. The number of para-hydroxylation sites is 1. The van der Waals surface area contributed by atoms with E-state index in [1.807, 2.05) is 6.07 Å². The molecule has 20 heavy (non-hydrogen) atoms. The number of benzene rings is 2. The molecule has 100 valence electrons. The molecule has 0 aromatic heterocycles. The molecule has 0 aliphatic heterocycles. The largest absolute Gasteiger partial charge is 0.338 e. The molecule has 2 aromatic carbocycles. The van der Waals surface area contributed by atoms with Crippen LogP contribution in [0.25, 0.3) is 0 Å². The van der Waals surface area contributed by atoms with Crippen LogP contribution in [0.3, 0.4) is 0 Å². The summed E-state index contributed by atoms with van der Waals surface area (Å²) in [6.45, 7) is 0. The van der Waals surface area contributed by atoms with Crippen LogP contribution in [0.15, 0.2) is 42.5 Å². The summed E-state index contributed by atoms with van der Waals surface area (Å²) in [4.78, 5) is 12.2. The Morgan fingerprint density at radius 2 is 2.00 bits per heavy atom. The summed E-state index contributed by atoms with van der Waals surface area (Å²) < 4.78 is 0. The average molecular weight is 288 g/mol. The van der Waals surface area contributed by atoms with Gasteiger partial charge >= 0.3 is 0 Å². The van der Waals surface area contributed by atoms with Gasteiger partial charge in [0.2, 0.25) is 0 Å². The summed E-state index contributed by atoms with van der Waals surface area (Å²) in [7, 11) is 1.67. The van der Waals surface area contributed by atoms with Gasteiger partial charge in [0.15, 0.2) is 0 Å². The van der Waals surface area contributed by atoms with Crippen molar-refractivity contribution >= 4 is 28.7 Å². The summed E-state index contributed by atoms with van der Waals surface area (Å²) in [5.41, 5.74) is 1.35.